The molecule has 2 amide bonds. The summed E-state index contributed by atoms with van der Waals surface area (Å²) in [5, 5.41) is 11.4. The second-order valence-corrected chi connectivity index (χ2v) is 10.4. The lowest BCUT2D eigenvalue weighted by atomic mass is 9.65. The van der Waals surface area contributed by atoms with Crippen LogP contribution in [0.15, 0.2) is 96.5 Å². The Morgan fingerprint density at radius 3 is 2.50 bits per heavy atom. The zero-order chi connectivity index (χ0) is 27.1. The zero-order valence-electron chi connectivity index (χ0n) is 22.1. The van der Waals surface area contributed by atoms with E-state index in [1.807, 2.05) is 18.2 Å². The van der Waals surface area contributed by atoms with Gasteiger partial charge >= 0.3 is 6.03 Å². The molecule has 0 aliphatic heterocycles. The highest BCUT2D eigenvalue weighted by Crippen LogP contribution is 2.56. The van der Waals surface area contributed by atoms with E-state index in [9.17, 15) is 9.18 Å². The number of urea groups is 1. The minimum Gasteiger partial charge on any atom is -0.331 e. The number of fused-ring (bicyclic) bond motifs is 1. The highest BCUT2D eigenvalue weighted by atomic mass is 19.1. The molecule has 0 heterocycles. The van der Waals surface area contributed by atoms with Gasteiger partial charge < -0.3 is 15.6 Å². The third kappa shape index (κ3) is 6.01. The van der Waals surface area contributed by atoms with Crippen LogP contribution in [0, 0.1) is 28.5 Å². The second kappa shape index (κ2) is 12.2. The Morgan fingerprint density at radius 1 is 1.18 bits per heavy atom. The lowest BCUT2D eigenvalue weighted by molar-refractivity contribution is 0.187. The number of hydrogen-bond acceptors (Lipinski definition) is 3. The number of carbonyl (C=O) groups excluding carboxylic acids is 1. The molecule has 2 aromatic rings. The van der Waals surface area contributed by atoms with Crippen LogP contribution in [-0.4, -0.2) is 35.9 Å². The summed E-state index contributed by atoms with van der Waals surface area (Å²) in [6.07, 6.45) is 10.7. The van der Waals surface area contributed by atoms with E-state index in [0.29, 0.717) is 24.7 Å². The lowest BCUT2D eigenvalue weighted by Gasteiger charge is -2.40. The molecule has 1 fully saturated rings. The standard InChI is InChI=1S/C32H37FN4O/c1-4-17-37(18-5-2)31(38)36-29(23-9-7-6-8-10-23)19-25-11-12-26-20-30(24(22-34)21-32(25,26)3)35-28-15-13-27(33)14-16-28/h4-10,13-16,20,22,24-25,29,34H,1-2,11-12,17-19,21H2,3H3,(H,36,38). The monoisotopic (exact) mass is 512 g/mol. The van der Waals surface area contributed by atoms with Gasteiger partial charge in [0.25, 0.3) is 0 Å². The molecule has 4 atom stereocenters. The van der Waals surface area contributed by atoms with Crippen molar-refractivity contribution in [3.8, 4) is 0 Å². The number of rotatable bonds is 10. The maximum absolute atomic E-state index is 13.4. The van der Waals surface area contributed by atoms with Crippen molar-refractivity contribution in [2.45, 2.75) is 38.6 Å². The van der Waals surface area contributed by atoms with Gasteiger partial charge in [-0.1, -0.05) is 55.0 Å². The summed E-state index contributed by atoms with van der Waals surface area (Å²) in [6.45, 7) is 10.8. The van der Waals surface area contributed by atoms with E-state index in [1.54, 1.807) is 29.2 Å². The number of allylic oxidation sites excluding steroid dienone is 2. The van der Waals surface area contributed by atoms with Gasteiger partial charge in [-0.2, -0.15) is 0 Å². The Kier molecular flexibility index (Phi) is 8.72. The summed E-state index contributed by atoms with van der Waals surface area (Å²) in [5.41, 5.74) is 3.89. The van der Waals surface area contributed by atoms with Gasteiger partial charge in [0.15, 0.2) is 0 Å². The molecule has 38 heavy (non-hydrogen) atoms. The number of benzene rings is 2. The van der Waals surface area contributed by atoms with Crippen molar-refractivity contribution in [1.29, 1.82) is 5.41 Å². The Labute approximate surface area is 225 Å². The highest BCUT2D eigenvalue weighted by molar-refractivity contribution is 6.08. The van der Waals surface area contributed by atoms with Crippen LogP contribution in [0.5, 0.6) is 0 Å². The van der Waals surface area contributed by atoms with Gasteiger partial charge in [0.1, 0.15) is 5.82 Å². The van der Waals surface area contributed by atoms with Crippen LogP contribution in [-0.2, 0) is 0 Å². The topological polar surface area (TPSA) is 68.6 Å². The van der Waals surface area contributed by atoms with Gasteiger partial charge in [-0.15, -0.1) is 13.2 Å². The molecule has 6 heteroatoms. The van der Waals surface area contributed by atoms with Crippen LogP contribution in [0.1, 0.15) is 44.2 Å². The molecule has 2 aromatic carbocycles. The van der Waals surface area contributed by atoms with Crippen molar-refractivity contribution in [2.24, 2.45) is 22.2 Å². The quantitative estimate of drug-likeness (QED) is 0.252. The number of carbonyl (C=O) groups is 1. The number of amides is 2. The average molecular weight is 513 g/mol. The normalized spacial score (nSPS) is 24.2. The molecule has 1 saturated carbocycles. The molecule has 0 saturated heterocycles. The third-order valence-corrected chi connectivity index (χ3v) is 8.03. The van der Waals surface area contributed by atoms with Crippen LogP contribution in [0.2, 0.25) is 0 Å². The zero-order valence-corrected chi connectivity index (χ0v) is 22.1. The average Bonchev–Trinajstić information content (AvgIpc) is 3.24. The molecule has 2 aliphatic carbocycles. The highest BCUT2D eigenvalue weighted by Gasteiger charge is 2.47. The van der Waals surface area contributed by atoms with Crippen LogP contribution >= 0.6 is 0 Å². The van der Waals surface area contributed by atoms with E-state index in [1.165, 1.54) is 23.9 Å². The molecule has 0 spiro atoms. The van der Waals surface area contributed by atoms with Gasteiger partial charge in [-0.25, -0.2) is 9.18 Å². The van der Waals surface area contributed by atoms with Crippen LogP contribution in [0.3, 0.4) is 0 Å². The van der Waals surface area contributed by atoms with E-state index in [4.69, 9.17) is 10.4 Å². The van der Waals surface area contributed by atoms with Crippen molar-refractivity contribution < 1.29 is 9.18 Å². The molecular formula is C32H37FN4O. The Morgan fingerprint density at radius 2 is 1.87 bits per heavy atom. The maximum Gasteiger partial charge on any atom is 0.318 e. The summed E-state index contributed by atoms with van der Waals surface area (Å²) < 4.78 is 13.4. The van der Waals surface area contributed by atoms with E-state index in [-0.39, 0.29) is 29.2 Å². The van der Waals surface area contributed by atoms with Gasteiger partial charge in [0, 0.05) is 30.9 Å². The number of nitrogens with one attached hydrogen (secondary N) is 2. The number of halogens is 1. The van der Waals surface area contributed by atoms with Crippen LogP contribution < -0.4 is 5.32 Å². The molecule has 5 nitrogen and oxygen atoms in total. The van der Waals surface area contributed by atoms with Gasteiger partial charge in [-0.3, -0.25) is 4.99 Å². The first-order chi connectivity index (χ1) is 18.4. The third-order valence-electron chi connectivity index (χ3n) is 8.03. The van der Waals surface area contributed by atoms with Crippen molar-refractivity contribution >= 4 is 23.6 Å². The molecular weight excluding hydrogens is 475 g/mol. The number of aliphatic imine (C=N–C) groups is 1. The first-order valence-corrected chi connectivity index (χ1v) is 13.3. The SMILES string of the molecule is C=CCN(CC=C)C(=O)NC(CC1CCC2=CC(=Nc3ccc(F)cc3)C(C=N)CC21C)c1ccccc1. The van der Waals surface area contributed by atoms with Crippen LogP contribution in [0.4, 0.5) is 14.9 Å². The Bertz CT molecular complexity index is 1210. The predicted molar refractivity (Wildman–Crippen MR) is 154 cm³/mol. The van der Waals surface area contributed by atoms with Crippen molar-refractivity contribution in [3.05, 3.63) is 103 Å². The predicted octanol–water partition coefficient (Wildman–Crippen LogP) is 7.43. The molecule has 4 unspecified atom stereocenters. The minimum atomic E-state index is -0.289. The second-order valence-electron chi connectivity index (χ2n) is 10.4. The number of nitrogens with zero attached hydrogens (tertiary/aromatic N) is 2. The van der Waals surface area contributed by atoms with Gasteiger partial charge in [-0.05, 0) is 72.9 Å². The lowest BCUT2D eigenvalue weighted by Crippen LogP contribution is -2.43. The summed E-state index contributed by atoms with van der Waals surface area (Å²) in [5.74, 6) is -0.0703. The molecule has 0 radical (unpaired) electrons. The Hall–Kier alpha value is -3.80. The summed E-state index contributed by atoms with van der Waals surface area (Å²) in [6, 6.07) is 16.0. The molecule has 2 aliphatic rings. The fraction of sp³-hybridized carbons (Fsp3) is 0.344. The Balaban J connectivity index is 1.59. The van der Waals surface area contributed by atoms with Crippen LogP contribution in [0.25, 0.3) is 0 Å². The van der Waals surface area contributed by atoms with E-state index in [0.717, 1.165) is 37.0 Å². The van der Waals surface area contributed by atoms with E-state index >= 15 is 0 Å². The first kappa shape index (κ1) is 27.2. The molecule has 0 bridgehead atoms. The number of hydrogen-bond donors (Lipinski definition) is 2. The summed E-state index contributed by atoms with van der Waals surface area (Å²) in [7, 11) is 0. The van der Waals surface area contributed by atoms with Crippen molar-refractivity contribution in [2.75, 3.05) is 13.1 Å². The molecule has 2 N–H and O–H groups in total. The van der Waals surface area contributed by atoms with Gasteiger partial charge in [0.05, 0.1) is 11.7 Å². The van der Waals surface area contributed by atoms with Crippen molar-refractivity contribution in [3.63, 3.8) is 0 Å². The fourth-order valence-electron chi connectivity index (χ4n) is 5.92. The smallest absolute Gasteiger partial charge is 0.318 e. The fourth-order valence-corrected chi connectivity index (χ4v) is 5.92. The van der Waals surface area contributed by atoms with Gasteiger partial charge in [0.2, 0.25) is 0 Å². The van der Waals surface area contributed by atoms with Crippen molar-refractivity contribution in [1.82, 2.24) is 10.2 Å². The summed E-state index contributed by atoms with van der Waals surface area (Å²) in [4.78, 5) is 19.7. The minimum absolute atomic E-state index is 0.0935. The molecule has 0 aromatic heterocycles. The summed E-state index contributed by atoms with van der Waals surface area (Å²) >= 11 is 0. The van der Waals surface area contributed by atoms with E-state index < -0.39 is 0 Å². The maximum atomic E-state index is 13.4. The first-order valence-electron chi connectivity index (χ1n) is 13.3. The largest absolute Gasteiger partial charge is 0.331 e. The van der Waals surface area contributed by atoms with E-state index in [2.05, 4.69) is 43.6 Å². The molecule has 198 valence electrons. The molecule has 4 rings (SSSR count).